The molecule has 1 aliphatic rings. The Labute approximate surface area is 153 Å². The van der Waals surface area contributed by atoms with E-state index in [-0.39, 0.29) is 17.1 Å². The predicted molar refractivity (Wildman–Crippen MR) is 99.8 cm³/mol. The van der Waals surface area contributed by atoms with Crippen molar-refractivity contribution in [2.45, 2.75) is 30.7 Å². The van der Waals surface area contributed by atoms with Crippen LogP contribution in [-0.4, -0.2) is 38.6 Å². The number of carbonyl (C=O) groups is 1. The molecule has 0 aromatic heterocycles. The van der Waals surface area contributed by atoms with Crippen molar-refractivity contribution in [2.24, 2.45) is 0 Å². The van der Waals surface area contributed by atoms with Gasteiger partial charge >= 0.3 is 0 Å². The molecule has 0 aliphatic carbocycles. The SMILES string of the molecule is CC(CO)NC(=O)c1cccc(S(=O)(=O)N2CCCc3ccccc32)c1. The van der Waals surface area contributed by atoms with E-state index in [2.05, 4.69) is 5.32 Å². The van der Waals surface area contributed by atoms with Gasteiger partial charge in [0.1, 0.15) is 0 Å². The number of rotatable bonds is 5. The first-order chi connectivity index (χ1) is 12.4. The number of nitrogens with one attached hydrogen (secondary N) is 1. The van der Waals surface area contributed by atoms with Gasteiger partial charge in [-0.1, -0.05) is 24.3 Å². The number of sulfonamides is 1. The summed E-state index contributed by atoms with van der Waals surface area (Å²) in [6, 6.07) is 13.1. The van der Waals surface area contributed by atoms with Crippen molar-refractivity contribution in [2.75, 3.05) is 17.5 Å². The summed E-state index contributed by atoms with van der Waals surface area (Å²) in [5, 5.41) is 11.7. The van der Waals surface area contributed by atoms with Gasteiger partial charge in [0.25, 0.3) is 15.9 Å². The summed E-state index contributed by atoms with van der Waals surface area (Å²) in [7, 11) is -3.76. The van der Waals surface area contributed by atoms with Gasteiger partial charge in [-0.3, -0.25) is 9.10 Å². The second kappa shape index (κ2) is 7.47. The van der Waals surface area contributed by atoms with E-state index in [1.54, 1.807) is 19.1 Å². The maximum Gasteiger partial charge on any atom is 0.264 e. The average Bonchev–Trinajstić information content (AvgIpc) is 2.67. The maximum atomic E-state index is 13.2. The first-order valence-corrected chi connectivity index (χ1v) is 10.00. The fourth-order valence-corrected chi connectivity index (χ4v) is 4.61. The second-order valence-corrected chi connectivity index (χ2v) is 8.26. The lowest BCUT2D eigenvalue weighted by Gasteiger charge is -2.30. The van der Waals surface area contributed by atoms with E-state index < -0.39 is 22.0 Å². The van der Waals surface area contributed by atoms with Gasteiger partial charge in [0.05, 0.1) is 17.2 Å². The minimum atomic E-state index is -3.76. The highest BCUT2D eigenvalue weighted by Crippen LogP contribution is 2.31. The van der Waals surface area contributed by atoms with E-state index >= 15 is 0 Å². The molecule has 0 radical (unpaired) electrons. The average molecular weight is 374 g/mol. The molecule has 138 valence electrons. The Kier molecular flexibility index (Phi) is 5.29. The minimum absolute atomic E-state index is 0.0819. The summed E-state index contributed by atoms with van der Waals surface area (Å²) in [6.07, 6.45) is 1.61. The summed E-state index contributed by atoms with van der Waals surface area (Å²) in [5.41, 5.74) is 1.95. The molecule has 1 heterocycles. The lowest BCUT2D eigenvalue weighted by Crippen LogP contribution is -2.36. The third-order valence-electron chi connectivity index (χ3n) is 4.40. The quantitative estimate of drug-likeness (QED) is 0.837. The van der Waals surface area contributed by atoms with Crippen molar-refractivity contribution in [1.82, 2.24) is 5.32 Å². The van der Waals surface area contributed by atoms with E-state index in [0.717, 1.165) is 18.4 Å². The number of hydrogen-bond donors (Lipinski definition) is 2. The number of fused-ring (bicyclic) bond motifs is 1. The lowest BCUT2D eigenvalue weighted by atomic mass is 10.0. The smallest absolute Gasteiger partial charge is 0.264 e. The molecule has 0 saturated heterocycles. The molecule has 2 aromatic carbocycles. The Morgan fingerprint density at radius 2 is 2.00 bits per heavy atom. The number of para-hydroxylation sites is 1. The van der Waals surface area contributed by atoms with Crippen LogP contribution in [0.15, 0.2) is 53.4 Å². The van der Waals surface area contributed by atoms with Crippen LogP contribution >= 0.6 is 0 Å². The monoisotopic (exact) mass is 374 g/mol. The number of aliphatic hydroxyl groups is 1. The van der Waals surface area contributed by atoms with Gasteiger partial charge < -0.3 is 10.4 Å². The molecule has 1 unspecified atom stereocenters. The Bertz CT molecular complexity index is 911. The zero-order valence-corrected chi connectivity index (χ0v) is 15.4. The highest BCUT2D eigenvalue weighted by molar-refractivity contribution is 7.92. The van der Waals surface area contributed by atoms with Crippen LogP contribution < -0.4 is 9.62 Å². The molecule has 2 N–H and O–H groups in total. The van der Waals surface area contributed by atoms with Crippen LogP contribution in [0.5, 0.6) is 0 Å². The van der Waals surface area contributed by atoms with Crippen molar-refractivity contribution in [3.8, 4) is 0 Å². The fraction of sp³-hybridized carbons (Fsp3) is 0.316. The highest BCUT2D eigenvalue weighted by Gasteiger charge is 2.29. The van der Waals surface area contributed by atoms with E-state index in [9.17, 15) is 13.2 Å². The standard InChI is InChI=1S/C19H22N2O4S/c1-14(13-22)20-19(23)16-7-4-9-17(12-16)26(24,25)21-11-5-8-15-6-2-3-10-18(15)21/h2-4,6-7,9-10,12,14,22H,5,8,11,13H2,1H3,(H,20,23). The van der Waals surface area contributed by atoms with Crippen LogP contribution in [0.3, 0.4) is 0 Å². The number of aryl methyl sites for hydroxylation is 1. The summed E-state index contributed by atoms with van der Waals surface area (Å²) in [5.74, 6) is -0.414. The van der Waals surface area contributed by atoms with E-state index in [4.69, 9.17) is 5.11 Å². The molecular weight excluding hydrogens is 352 g/mol. The van der Waals surface area contributed by atoms with Gasteiger partial charge in [0.15, 0.2) is 0 Å². The van der Waals surface area contributed by atoms with Crippen LogP contribution in [0.2, 0.25) is 0 Å². The molecule has 0 saturated carbocycles. The molecule has 0 spiro atoms. The Balaban J connectivity index is 1.94. The van der Waals surface area contributed by atoms with Gasteiger partial charge in [0.2, 0.25) is 0 Å². The summed E-state index contributed by atoms with van der Waals surface area (Å²) in [6.45, 7) is 1.90. The van der Waals surface area contributed by atoms with Crippen LogP contribution in [0.4, 0.5) is 5.69 Å². The molecule has 1 aliphatic heterocycles. The number of amides is 1. The molecule has 0 bridgehead atoms. The van der Waals surface area contributed by atoms with Crippen molar-refractivity contribution in [3.05, 3.63) is 59.7 Å². The molecule has 2 aromatic rings. The number of carbonyl (C=O) groups excluding carboxylic acids is 1. The molecule has 7 heteroatoms. The first kappa shape index (κ1) is 18.4. The molecule has 6 nitrogen and oxygen atoms in total. The zero-order valence-electron chi connectivity index (χ0n) is 14.6. The Hall–Kier alpha value is -2.38. The molecule has 1 atom stereocenters. The van der Waals surface area contributed by atoms with Crippen molar-refractivity contribution >= 4 is 21.6 Å². The minimum Gasteiger partial charge on any atom is -0.394 e. The number of anilines is 1. The third kappa shape index (κ3) is 3.59. The van der Waals surface area contributed by atoms with Crippen LogP contribution in [-0.2, 0) is 16.4 Å². The van der Waals surface area contributed by atoms with Gasteiger partial charge in [-0.15, -0.1) is 0 Å². The Morgan fingerprint density at radius 3 is 2.77 bits per heavy atom. The van der Waals surface area contributed by atoms with Crippen LogP contribution in [0.1, 0.15) is 29.3 Å². The number of hydrogen-bond acceptors (Lipinski definition) is 4. The highest BCUT2D eigenvalue weighted by atomic mass is 32.2. The van der Waals surface area contributed by atoms with E-state index in [1.807, 2.05) is 24.3 Å². The number of benzene rings is 2. The molecule has 3 rings (SSSR count). The van der Waals surface area contributed by atoms with Gasteiger partial charge in [-0.05, 0) is 49.6 Å². The van der Waals surface area contributed by atoms with Crippen molar-refractivity contribution in [3.63, 3.8) is 0 Å². The topological polar surface area (TPSA) is 86.7 Å². The van der Waals surface area contributed by atoms with Crippen LogP contribution in [0.25, 0.3) is 0 Å². The molecule has 1 amide bonds. The van der Waals surface area contributed by atoms with Gasteiger partial charge in [-0.2, -0.15) is 0 Å². The van der Waals surface area contributed by atoms with Crippen LogP contribution in [0, 0.1) is 0 Å². The van der Waals surface area contributed by atoms with Gasteiger partial charge in [0, 0.05) is 18.2 Å². The molecular formula is C19H22N2O4S. The Morgan fingerprint density at radius 1 is 1.23 bits per heavy atom. The maximum absolute atomic E-state index is 13.2. The largest absolute Gasteiger partial charge is 0.394 e. The van der Waals surface area contributed by atoms with E-state index in [0.29, 0.717) is 12.2 Å². The normalized spacial score (nSPS) is 15.2. The summed E-state index contributed by atoms with van der Waals surface area (Å²) in [4.78, 5) is 12.3. The lowest BCUT2D eigenvalue weighted by molar-refractivity contribution is 0.0922. The third-order valence-corrected chi connectivity index (χ3v) is 6.21. The number of aliphatic hydroxyl groups excluding tert-OH is 1. The summed E-state index contributed by atoms with van der Waals surface area (Å²) < 4.78 is 27.7. The van der Waals surface area contributed by atoms with Gasteiger partial charge in [-0.25, -0.2) is 8.42 Å². The first-order valence-electron chi connectivity index (χ1n) is 8.56. The number of nitrogens with zero attached hydrogens (tertiary/aromatic N) is 1. The van der Waals surface area contributed by atoms with Crippen molar-refractivity contribution < 1.29 is 18.3 Å². The molecule has 0 fully saturated rings. The van der Waals surface area contributed by atoms with Crippen molar-refractivity contribution in [1.29, 1.82) is 0 Å². The summed E-state index contributed by atoms with van der Waals surface area (Å²) >= 11 is 0. The van der Waals surface area contributed by atoms with E-state index in [1.165, 1.54) is 16.4 Å². The molecule has 26 heavy (non-hydrogen) atoms. The predicted octanol–water partition coefficient (Wildman–Crippen LogP) is 1.94. The second-order valence-electron chi connectivity index (χ2n) is 6.39. The fourth-order valence-electron chi connectivity index (χ4n) is 3.03. The zero-order chi connectivity index (χ0) is 18.7.